The Bertz CT molecular complexity index is 560. The highest BCUT2D eigenvalue weighted by atomic mass is 16.5. The Hall–Kier alpha value is -1.80. The quantitative estimate of drug-likeness (QED) is 0.880. The van der Waals surface area contributed by atoms with E-state index >= 15 is 0 Å². The van der Waals surface area contributed by atoms with Crippen LogP contribution in [0.2, 0.25) is 0 Å². The van der Waals surface area contributed by atoms with Crippen LogP contribution in [0.25, 0.3) is 0 Å². The van der Waals surface area contributed by atoms with Crippen LogP contribution in [-0.2, 0) is 6.61 Å². The Morgan fingerprint density at radius 2 is 1.75 bits per heavy atom. The summed E-state index contributed by atoms with van der Waals surface area (Å²) in [6.07, 6.45) is 0. The van der Waals surface area contributed by atoms with Gasteiger partial charge in [-0.15, -0.1) is 0 Å². The second kappa shape index (κ2) is 6.58. The Balaban J connectivity index is 2.04. The summed E-state index contributed by atoms with van der Waals surface area (Å²) < 4.78 is 5.91. The summed E-state index contributed by atoms with van der Waals surface area (Å²) in [7, 11) is 1.97. The highest BCUT2D eigenvalue weighted by molar-refractivity contribution is 5.37. The lowest BCUT2D eigenvalue weighted by Crippen LogP contribution is -2.12. The first kappa shape index (κ1) is 14.6. The van der Waals surface area contributed by atoms with E-state index in [9.17, 15) is 0 Å². The van der Waals surface area contributed by atoms with Crippen molar-refractivity contribution in [1.29, 1.82) is 0 Å². The number of nitrogens with one attached hydrogen (secondary N) is 1. The third-order valence-corrected chi connectivity index (χ3v) is 3.65. The van der Waals surface area contributed by atoms with E-state index in [0.29, 0.717) is 12.6 Å². The number of ether oxygens (including phenoxy) is 1. The lowest BCUT2D eigenvalue weighted by molar-refractivity contribution is 0.304. The van der Waals surface area contributed by atoms with Gasteiger partial charge in [0.2, 0.25) is 0 Å². The van der Waals surface area contributed by atoms with Crippen molar-refractivity contribution in [2.24, 2.45) is 0 Å². The fourth-order valence-electron chi connectivity index (χ4n) is 2.12. The van der Waals surface area contributed by atoms with E-state index in [0.717, 1.165) is 5.75 Å². The Morgan fingerprint density at radius 1 is 1.05 bits per heavy atom. The fourth-order valence-corrected chi connectivity index (χ4v) is 2.12. The fraction of sp³-hybridized carbons (Fsp3) is 0.333. The smallest absolute Gasteiger partial charge is 0.122 e. The zero-order valence-corrected chi connectivity index (χ0v) is 12.7. The van der Waals surface area contributed by atoms with E-state index in [2.05, 4.69) is 68.6 Å². The minimum absolute atomic E-state index is 0.361. The molecule has 0 radical (unpaired) electrons. The second-order valence-corrected chi connectivity index (χ2v) is 5.31. The number of hydrogen-bond acceptors (Lipinski definition) is 2. The molecule has 0 saturated heterocycles. The minimum atomic E-state index is 0.361. The predicted molar refractivity (Wildman–Crippen MR) is 84.2 cm³/mol. The van der Waals surface area contributed by atoms with Crippen molar-refractivity contribution in [2.45, 2.75) is 33.4 Å². The van der Waals surface area contributed by atoms with E-state index in [1.807, 2.05) is 7.05 Å². The van der Waals surface area contributed by atoms with Crippen LogP contribution in [0.4, 0.5) is 0 Å². The van der Waals surface area contributed by atoms with Crippen molar-refractivity contribution >= 4 is 0 Å². The lowest BCUT2D eigenvalue weighted by atomic mass is 10.1. The second-order valence-electron chi connectivity index (χ2n) is 5.31. The van der Waals surface area contributed by atoms with E-state index in [-0.39, 0.29) is 0 Å². The van der Waals surface area contributed by atoms with Gasteiger partial charge in [-0.2, -0.15) is 0 Å². The predicted octanol–water partition coefficient (Wildman–Crippen LogP) is 4.16. The van der Waals surface area contributed by atoms with Crippen molar-refractivity contribution in [3.8, 4) is 5.75 Å². The highest BCUT2D eigenvalue weighted by Crippen LogP contribution is 2.23. The number of rotatable bonds is 5. The summed E-state index contributed by atoms with van der Waals surface area (Å²) >= 11 is 0. The molecule has 1 unspecified atom stereocenters. The van der Waals surface area contributed by atoms with Gasteiger partial charge in [-0.3, -0.25) is 0 Å². The molecule has 0 aliphatic rings. The molecule has 0 spiro atoms. The molecule has 0 aliphatic carbocycles. The number of aryl methyl sites for hydroxylation is 2. The first-order valence-corrected chi connectivity index (χ1v) is 7.06. The molecule has 0 aromatic heterocycles. The molecule has 2 heteroatoms. The summed E-state index contributed by atoms with van der Waals surface area (Å²) in [6, 6.07) is 15.2. The number of hydrogen-bond donors (Lipinski definition) is 1. The topological polar surface area (TPSA) is 21.3 Å². The van der Waals surface area contributed by atoms with E-state index < -0.39 is 0 Å². The van der Waals surface area contributed by atoms with Gasteiger partial charge in [0.05, 0.1) is 0 Å². The first-order valence-electron chi connectivity index (χ1n) is 7.06. The van der Waals surface area contributed by atoms with Crippen molar-refractivity contribution in [3.63, 3.8) is 0 Å². The van der Waals surface area contributed by atoms with Crippen molar-refractivity contribution < 1.29 is 4.74 Å². The van der Waals surface area contributed by atoms with Crippen LogP contribution in [0.1, 0.15) is 35.2 Å². The summed E-state index contributed by atoms with van der Waals surface area (Å²) in [5, 5.41) is 3.25. The standard InChI is InChI=1S/C18H23NO/c1-13-5-7-16(8-6-13)12-20-18-10-9-17(11-14(18)2)15(3)19-4/h5-11,15,19H,12H2,1-4H3. The van der Waals surface area contributed by atoms with Crippen molar-refractivity contribution in [2.75, 3.05) is 7.05 Å². The van der Waals surface area contributed by atoms with Crippen LogP contribution in [0, 0.1) is 13.8 Å². The Kier molecular flexibility index (Phi) is 4.80. The summed E-state index contributed by atoms with van der Waals surface area (Å²) in [5.74, 6) is 0.956. The molecule has 0 heterocycles. The van der Waals surface area contributed by atoms with Gasteiger partial charge in [-0.05, 0) is 50.6 Å². The van der Waals surface area contributed by atoms with Crippen LogP contribution in [0.5, 0.6) is 5.75 Å². The average Bonchev–Trinajstić information content (AvgIpc) is 2.46. The van der Waals surface area contributed by atoms with E-state index in [4.69, 9.17) is 4.74 Å². The van der Waals surface area contributed by atoms with Crippen molar-refractivity contribution in [1.82, 2.24) is 5.32 Å². The van der Waals surface area contributed by atoms with Crippen LogP contribution >= 0.6 is 0 Å². The minimum Gasteiger partial charge on any atom is -0.489 e. The molecule has 0 saturated carbocycles. The molecule has 2 aromatic carbocycles. The SMILES string of the molecule is CNC(C)c1ccc(OCc2ccc(C)cc2)c(C)c1. The summed E-state index contributed by atoms with van der Waals surface area (Å²) in [5.41, 5.74) is 4.93. The molecule has 106 valence electrons. The average molecular weight is 269 g/mol. The van der Waals surface area contributed by atoms with Gasteiger partial charge < -0.3 is 10.1 Å². The van der Waals surface area contributed by atoms with E-state index in [1.54, 1.807) is 0 Å². The summed E-state index contributed by atoms with van der Waals surface area (Å²) in [6.45, 7) is 6.95. The molecule has 0 aliphatic heterocycles. The third kappa shape index (κ3) is 3.61. The Morgan fingerprint density at radius 3 is 2.35 bits per heavy atom. The van der Waals surface area contributed by atoms with Crippen LogP contribution in [0.3, 0.4) is 0 Å². The van der Waals surface area contributed by atoms with Gasteiger partial charge in [-0.25, -0.2) is 0 Å². The zero-order chi connectivity index (χ0) is 14.5. The molecule has 0 bridgehead atoms. The summed E-state index contributed by atoms with van der Waals surface area (Å²) in [4.78, 5) is 0. The molecule has 20 heavy (non-hydrogen) atoms. The number of benzene rings is 2. The van der Waals surface area contributed by atoms with Gasteiger partial charge >= 0.3 is 0 Å². The van der Waals surface area contributed by atoms with Crippen LogP contribution < -0.4 is 10.1 Å². The molecule has 0 fully saturated rings. The normalized spacial score (nSPS) is 12.2. The van der Waals surface area contributed by atoms with Crippen LogP contribution in [0.15, 0.2) is 42.5 Å². The van der Waals surface area contributed by atoms with E-state index in [1.165, 1.54) is 22.3 Å². The molecular formula is C18H23NO. The maximum atomic E-state index is 5.91. The third-order valence-electron chi connectivity index (χ3n) is 3.65. The molecular weight excluding hydrogens is 246 g/mol. The molecule has 1 N–H and O–H groups in total. The maximum absolute atomic E-state index is 5.91. The van der Waals surface area contributed by atoms with Crippen molar-refractivity contribution in [3.05, 3.63) is 64.7 Å². The lowest BCUT2D eigenvalue weighted by Gasteiger charge is -2.14. The first-order chi connectivity index (χ1) is 9.60. The molecule has 2 aromatic rings. The molecule has 1 atom stereocenters. The zero-order valence-electron chi connectivity index (χ0n) is 12.7. The van der Waals surface area contributed by atoms with Crippen LogP contribution in [-0.4, -0.2) is 7.05 Å². The molecule has 2 rings (SSSR count). The maximum Gasteiger partial charge on any atom is 0.122 e. The molecule has 2 nitrogen and oxygen atoms in total. The Labute approximate surface area is 121 Å². The van der Waals surface area contributed by atoms with Gasteiger partial charge in [0.15, 0.2) is 0 Å². The van der Waals surface area contributed by atoms with Gasteiger partial charge in [0.1, 0.15) is 12.4 Å². The monoisotopic (exact) mass is 269 g/mol. The van der Waals surface area contributed by atoms with Gasteiger partial charge in [0.25, 0.3) is 0 Å². The molecule has 0 amide bonds. The van der Waals surface area contributed by atoms with Gasteiger partial charge in [0, 0.05) is 6.04 Å². The van der Waals surface area contributed by atoms with Gasteiger partial charge in [-0.1, -0.05) is 42.0 Å². The largest absolute Gasteiger partial charge is 0.489 e. The highest BCUT2D eigenvalue weighted by Gasteiger charge is 2.06.